The highest BCUT2D eigenvalue weighted by Gasteiger charge is 2.37. The van der Waals surface area contributed by atoms with Gasteiger partial charge >= 0.3 is 6.18 Å². The predicted octanol–water partition coefficient (Wildman–Crippen LogP) is 4.73. The average molecular weight is 491 g/mol. The Kier molecular flexibility index (Phi) is 6.52. The molecule has 3 aromatic heterocycles. The van der Waals surface area contributed by atoms with E-state index in [-0.39, 0.29) is 12.1 Å². The maximum Gasteiger partial charge on any atom is 0.408 e. The van der Waals surface area contributed by atoms with E-state index in [9.17, 15) is 22.4 Å². The first kappa shape index (κ1) is 24.6. The van der Waals surface area contributed by atoms with Gasteiger partial charge in [0.1, 0.15) is 11.7 Å². The van der Waals surface area contributed by atoms with Crippen LogP contribution in [0.1, 0.15) is 60.8 Å². The van der Waals surface area contributed by atoms with Gasteiger partial charge in [0.25, 0.3) is 5.91 Å². The highest BCUT2D eigenvalue weighted by Crippen LogP contribution is 2.31. The zero-order chi connectivity index (χ0) is 25.4. The summed E-state index contributed by atoms with van der Waals surface area (Å²) >= 11 is 0. The molecule has 0 fully saturated rings. The quantitative estimate of drug-likeness (QED) is 0.488. The van der Waals surface area contributed by atoms with Crippen molar-refractivity contribution in [3.8, 4) is 0 Å². The van der Waals surface area contributed by atoms with Gasteiger partial charge in [0.15, 0.2) is 0 Å². The van der Waals surface area contributed by atoms with Crippen LogP contribution in [0.3, 0.4) is 0 Å². The first-order valence-electron chi connectivity index (χ1n) is 11.3. The number of hydrogen-bond acceptors (Lipinski definition) is 5. The number of carbonyl (C=O) groups excluding carboxylic acids is 1. The lowest BCUT2D eigenvalue weighted by atomic mass is 9.98. The molecule has 7 nitrogen and oxygen atoms in total. The van der Waals surface area contributed by atoms with Crippen molar-refractivity contribution in [2.24, 2.45) is 0 Å². The first-order chi connectivity index (χ1) is 16.4. The molecule has 11 heteroatoms. The number of alkyl halides is 4. The minimum Gasteiger partial charge on any atom is -0.351 e. The molecular formula is C24H26F4N6O. The third-order valence-electron chi connectivity index (χ3n) is 5.71. The third-order valence-corrected chi connectivity index (χ3v) is 5.71. The van der Waals surface area contributed by atoms with Crippen LogP contribution in [0, 0.1) is 0 Å². The molecule has 1 atom stereocenters. The molecule has 0 saturated heterocycles. The Morgan fingerprint density at radius 3 is 2.71 bits per heavy atom. The van der Waals surface area contributed by atoms with Crippen LogP contribution in [0.25, 0.3) is 11.1 Å². The summed E-state index contributed by atoms with van der Waals surface area (Å²) in [6.45, 7) is 3.90. The van der Waals surface area contributed by atoms with E-state index >= 15 is 0 Å². The first-order valence-corrected chi connectivity index (χ1v) is 11.3. The number of halogens is 4. The lowest BCUT2D eigenvalue weighted by Crippen LogP contribution is -2.43. The van der Waals surface area contributed by atoms with Gasteiger partial charge in [-0.1, -0.05) is 6.08 Å². The number of aromatic nitrogens is 4. The Hall–Kier alpha value is -3.50. The second-order valence-corrected chi connectivity index (χ2v) is 9.18. The van der Waals surface area contributed by atoms with Gasteiger partial charge in [0, 0.05) is 18.0 Å². The number of rotatable bonds is 6. The van der Waals surface area contributed by atoms with Gasteiger partial charge in [-0.3, -0.25) is 4.79 Å². The fourth-order valence-electron chi connectivity index (χ4n) is 3.79. The van der Waals surface area contributed by atoms with E-state index in [0.717, 1.165) is 42.2 Å². The van der Waals surface area contributed by atoms with Crippen LogP contribution in [-0.2, 0) is 6.42 Å². The number of nitrogens with one attached hydrogen (secondary N) is 2. The molecule has 2 N–H and O–H groups in total. The van der Waals surface area contributed by atoms with Gasteiger partial charge in [-0.25, -0.2) is 18.9 Å². The van der Waals surface area contributed by atoms with Crippen LogP contribution >= 0.6 is 0 Å². The second-order valence-electron chi connectivity index (χ2n) is 9.18. The SMILES string of the molecule is C[C@@H](NC(=O)c1cnn2ccc(C3=CCCCc4nc(NCC(C)(C)F)ncc43)cc12)C(F)(F)F. The largest absolute Gasteiger partial charge is 0.408 e. The standard InChI is InChI=1S/C24H26F4N6O/c1-14(24(26,27)28)32-21(35)18-12-31-34-9-8-15(10-20(18)34)16-6-4-5-7-19-17(16)11-29-22(33-19)30-13-23(2,3)25/h6,8-12,14H,4-5,7,13H2,1-3H3,(H,32,35)(H,29,30,33)/t14-/m1/s1. The van der Waals surface area contributed by atoms with Crippen molar-refractivity contribution in [2.75, 3.05) is 11.9 Å². The van der Waals surface area contributed by atoms with Crippen molar-refractivity contribution < 1.29 is 22.4 Å². The van der Waals surface area contributed by atoms with E-state index in [1.165, 1.54) is 24.6 Å². The Morgan fingerprint density at radius 2 is 2.00 bits per heavy atom. The molecule has 35 heavy (non-hydrogen) atoms. The summed E-state index contributed by atoms with van der Waals surface area (Å²) in [6.07, 6.45) is 4.45. The summed E-state index contributed by atoms with van der Waals surface area (Å²) in [7, 11) is 0. The number of amides is 1. The summed E-state index contributed by atoms with van der Waals surface area (Å²) in [5, 5.41) is 9.01. The molecule has 1 aliphatic carbocycles. The van der Waals surface area contributed by atoms with Gasteiger partial charge in [-0.2, -0.15) is 18.3 Å². The molecule has 0 aromatic carbocycles. The number of fused-ring (bicyclic) bond motifs is 2. The molecule has 0 saturated carbocycles. The Balaban J connectivity index is 1.66. The van der Waals surface area contributed by atoms with Crippen molar-refractivity contribution in [1.82, 2.24) is 24.9 Å². The number of pyridine rings is 1. The van der Waals surface area contributed by atoms with Crippen LogP contribution in [-0.4, -0.2) is 49.9 Å². The lowest BCUT2D eigenvalue weighted by Gasteiger charge is -2.17. The molecule has 0 bridgehead atoms. The highest BCUT2D eigenvalue weighted by atomic mass is 19.4. The molecule has 1 amide bonds. The molecule has 3 aromatic rings. The molecule has 186 valence electrons. The van der Waals surface area contributed by atoms with Crippen LogP contribution in [0.15, 0.2) is 36.8 Å². The van der Waals surface area contributed by atoms with Crippen molar-refractivity contribution >= 4 is 22.9 Å². The zero-order valence-electron chi connectivity index (χ0n) is 19.6. The highest BCUT2D eigenvalue weighted by molar-refractivity contribution is 6.01. The minimum absolute atomic E-state index is 0.0435. The molecular weight excluding hydrogens is 464 g/mol. The van der Waals surface area contributed by atoms with Crippen LogP contribution in [0.4, 0.5) is 23.5 Å². The van der Waals surface area contributed by atoms with E-state index in [0.29, 0.717) is 17.9 Å². The Morgan fingerprint density at radius 1 is 1.23 bits per heavy atom. The van der Waals surface area contributed by atoms with Gasteiger partial charge in [-0.05, 0) is 63.3 Å². The van der Waals surface area contributed by atoms with Gasteiger partial charge < -0.3 is 10.6 Å². The molecule has 1 aliphatic rings. The average Bonchev–Trinajstić information content (AvgIpc) is 3.09. The maximum atomic E-state index is 13.9. The van der Waals surface area contributed by atoms with Crippen molar-refractivity contribution in [2.45, 2.75) is 57.9 Å². The Bertz CT molecular complexity index is 1280. The molecule has 3 heterocycles. The summed E-state index contributed by atoms with van der Waals surface area (Å²) in [6, 6.07) is 1.55. The maximum absolute atomic E-state index is 13.9. The third kappa shape index (κ3) is 5.60. The number of aryl methyl sites for hydroxylation is 1. The monoisotopic (exact) mass is 490 g/mol. The Labute approximate surface area is 199 Å². The number of anilines is 1. The smallest absolute Gasteiger partial charge is 0.351 e. The normalized spacial score (nSPS) is 15.2. The summed E-state index contributed by atoms with van der Waals surface area (Å²) in [4.78, 5) is 21.5. The van der Waals surface area contributed by atoms with Gasteiger partial charge in [-0.15, -0.1) is 0 Å². The van der Waals surface area contributed by atoms with Crippen molar-refractivity contribution in [3.63, 3.8) is 0 Å². The summed E-state index contributed by atoms with van der Waals surface area (Å²) < 4.78 is 54.0. The molecule has 0 unspecified atom stereocenters. The van der Waals surface area contributed by atoms with E-state index in [1.54, 1.807) is 18.5 Å². The number of allylic oxidation sites excluding steroid dienone is 1. The number of carbonyl (C=O) groups is 1. The molecule has 0 aliphatic heterocycles. The van der Waals surface area contributed by atoms with E-state index < -0.39 is 23.8 Å². The van der Waals surface area contributed by atoms with Gasteiger partial charge in [0.05, 0.1) is 29.5 Å². The van der Waals surface area contributed by atoms with Crippen molar-refractivity contribution in [1.29, 1.82) is 0 Å². The van der Waals surface area contributed by atoms with Crippen LogP contribution in [0.5, 0.6) is 0 Å². The van der Waals surface area contributed by atoms with Crippen LogP contribution in [0.2, 0.25) is 0 Å². The minimum atomic E-state index is -4.55. The lowest BCUT2D eigenvalue weighted by molar-refractivity contribution is -0.149. The van der Waals surface area contributed by atoms with Crippen molar-refractivity contribution in [3.05, 3.63) is 59.2 Å². The summed E-state index contributed by atoms with van der Waals surface area (Å²) in [5.41, 5.74) is 2.25. The van der Waals surface area contributed by atoms with E-state index in [4.69, 9.17) is 0 Å². The van der Waals surface area contributed by atoms with E-state index in [1.807, 2.05) is 11.4 Å². The summed E-state index contributed by atoms with van der Waals surface area (Å²) in [5.74, 6) is -0.508. The van der Waals surface area contributed by atoms with Crippen LogP contribution < -0.4 is 10.6 Å². The molecule has 0 radical (unpaired) electrons. The fraction of sp³-hybridized carbons (Fsp3) is 0.417. The zero-order valence-corrected chi connectivity index (χ0v) is 19.6. The predicted molar refractivity (Wildman–Crippen MR) is 124 cm³/mol. The molecule has 0 spiro atoms. The fourth-order valence-corrected chi connectivity index (χ4v) is 3.79. The topological polar surface area (TPSA) is 84.2 Å². The second kappa shape index (κ2) is 9.27. The number of hydrogen-bond donors (Lipinski definition) is 2. The number of nitrogens with zero attached hydrogens (tertiary/aromatic N) is 4. The van der Waals surface area contributed by atoms with E-state index in [2.05, 4.69) is 26.5 Å². The van der Waals surface area contributed by atoms with Gasteiger partial charge in [0.2, 0.25) is 5.95 Å². The molecule has 4 rings (SSSR count).